The molecule has 160 valence electrons. The summed E-state index contributed by atoms with van der Waals surface area (Å²) in [4.78, 5) is 27.4. The number of anilines is 2. The lowest BCUT2D eigenvalue weighted by atomic mass is 10.1. The molecule has 2 amide bonds. The number of carbonyl (C=O) groups excluding carboxylic acids is 1. The van der Waals surface area contributed by atoms with Crippen molar-refractivity contribution in [1.82, 2.24) is 9.78 Å². The molecule has 8 nitrogen and oxygen atoms in total. The number of benzene rings is 2. The molecule has 0 unspecified atom stereocenters. The zero-order valence-electron chi connectivity index (χ0n) is 17.3. The summed E-state index contributed by atoms with van der Waals surface area (Å²) in [6.07, 6.45) is -1.06. The molecule has 0 aliphatic carbocycles. The Balaban J connectivity index is 1.65. The Hall–Kier alpha value is -3.52. The predicted molar refractivity (Wildman–Crippen MR) is 118 cm³/mol. The molecule has 1 aliphatic rings. The van der Waals surface area contributed by atoms with Crippen LogP contribution in [0.5, 0.6) is 5.75 Å². The molecule has 0 saturated heterocycles. The predicted octanol–water partition coefficient (Wildman–Crippen LogP) is 4.30. The van der Waals surface area contributed by atoms with E-state index in [0.29, 0.717) is 33.4 Å². The summed E-state index contributed by atoms with van der Waals surface area (Å²) in [6, 6.07) is 12.2. The van der Waals surface area contributed by atoms with Gasteiger partial charge in [0.15, 0.2) is 0 Å². The summed E-state index contributed by atoms with van der Waals surface area (Å²) in [5, 5.41) is 14.5. The van der Waals surface area contributed by atoms with Crippen LogP contribution in [-0.4, -0.2) is 47.1 Å². The van der Waals surface area contributed by atoms with Crippen molar-refractivity contribution in [2.45, 2.75) is 13.8 Å². The summed E-state index contributed by atoms with van der Waals surface area (Å²) in [6.45, 7) is 4.22. The molecule has 9 heteroatoms. The second-order valence-electron chi connectivity index (χ2n) is 7.25. The van der Waals surface area contributed by atoms with E-state index >= 15 is 0 Å². The highest BCUT2D eigenvalue weighted by atomic mass is 35.5. The second-order valence-corrected chi connectivity index (χ2v) is 7.62. The molecular formula is C22H21ClN4O4. The Labute approximate surface area is 184 Å². The number of halogens is 1. The Kier molecular flexibility index (Phi) is 5.32. The number of rotatable bonds is 3. The first-order valence-electron chi connectivity index (χ1n) is 9.65. The number of hydrogen-bond acceptors (Lipinski definition) is 4. The minimum Gasteiger partial charge on any atom is -0.490 e. The van der Waals surface area contributed by atoms with E-state index in [9.17, 15) is 14.7 Å². The monoisotopic (exact) mass is 440 g/mol. The van der Waals surface area contributed by atoms with Gasteiger partial charge in [-0.25, -0.2) is 9.48 Å². The normalized spacial score (nSPS) is 12.8. The van der Waals surface area contributed by atoms with Gasteiger partial charge in [-0.05, 0) is 50.2 Å². The number of carboxylic acid groups (broad SMARTS) is 1. The smallest absolute Gasteiger partial charge is 0.412 e. The zero-order valence-corrected chi connectivity index (χ0v) is 18.1. The number of carbonyl (C=O) groups is 2. The van der Waals surface area contributed by atoms with Gasteiger partial charge >= 0.3 is 6.09 Å². The number of nitrogens with zero attached hydrogens (tertiary/aromatic N) is 4. The Bertz CT molecular complexity index is 1190. The van der Waals surface area contributed by atoms with E-state index < -0.39 is 6.09 Å². The molecule has 0 radical (unpaired) electrons. The van der Waals surface area contributed by atoms with Gasteiger partial charge in [0.2, 0.25) is 0 Å². The number of ether oxygens (including phenoxy) is 1. The lowest BCUT2D eigenvalue weighted by Crippen LogP contribution is -2.37. The summed E-state index contributed by atoms with van der Waals surface area (Å²) in [5.74, 6) is 0.231. The molecular weight excluding hydrogens is 420 g/mol. The first kappa shape index (κ1) is 20.7. The Morgan fingerprint density at radius 2 is 1.97 bits per heavy atom. The van der Waals surface area contributed by atoms with E-state index in [4.69, 9.17) is 16.3 Å². The standard InChI is InChI=1S/C22H21ClN4O4/c1-13-20(23)14(2)27(24-13)17-6-4-5-15(11-17)21(28)25(3)16-7-8-19-18(12-16)26(22(29)30)9-10-31-19/h4-8,11-12H,9-10H2,1-3H3,(H,29,30). The lowest BCUT2D eigenvalue weighted by molar-refractivity contribution is 0.0993. The molecule has 1 aliphatic heterocycles. The van der Waals surface area contributed by atoms with Gasteiger partial charge in [0.1, 0.15) is 12.4 Å². The van der Waals surface area contributed by atoms with Crippen LogP contribution in [0.25, 0.3) is 5.69 Å². The summed E-state index contributed by atoms with van der Waals surface area (Å²) >= 11 is 6.26. The fourth-order valence-corrected chi connectivity index (χ4v) is 3.69. The largest absolute Gasteiger partial charge is 0.490 e. The van der Waals surface area contributed by atoms with Crippen molar-refractivity contribution in [1.29, 1.82) is 0 Å². The van der Waals surface area contributed by atoms with E-state index in [2.05, 4.69) is 5.10 Å². The van der Waals surface area contributed by atoms with Crippen molar-refractivity contribution in [3.63, 3.8) is 0 Å². The number of hydrogen-bond donors (Lipinski definition) is 1. The summed E-state index contributed by atoms with van der Waals surface area (Å²) in [7, 11) is 1.64. The summed E-state index contributed by atoms with van der Waals surface area (Å²) < 4.78 is 7.25. The third-order valence-corrected chi connectivity index (χ3v) is 5.82. The van der Waals surface area contributed by atoms with E-state index in [1.807, 2.05) is 19.9 Å². The van der Waals surface area contributed by atoms with E-state index in [1.54, 1.807) is 48.1 Å². The maximum atomic E-state index is 13.2. The second kappa shape index (κ2) is 7.96. The van der Waals surface area contributed by atoms with Crippen LogP contribution in [0.15, 0.2) is 42.5 Å². The van der Waals surface area contributed by atoms with Gasteiger partial charge in [-0.2, -0.15) is 5.10 Å². The van der Waals surface area contributed by atoms with Crippen molar-refractivity contribution in [2.24, 2.45) is 0 Å². The van der Waals surface area contributed by atoms with Gasteiger partial charge in [-0.1, -0.05) is 17.7 Å². The van der Waals surface area contributed by atoms with Crippen LogP contribution in [0, 0.1) is 13.8 Å². The average Bonchev–Trinajstić information content (AvgIpc) is 3.04. The molecule has 4 rings (SSSR count). The highest BCUT2D eigenvalue weighted by Gasteiger charge is 2.25. The molecule has 2 heterocycles. The van der Waals surface area contributed by atoms with Gasteiger partial charge in [-0.15, -0.1) is 0 Å². The van der Waals surface area contributed by atoms with Crippen molar-refractivity contribution in [2.75, 3.05) is 30.0 Å². The lowest BCUT2D eigenvalue weighted by Gasteiger charge is -2.28. The summed E-state index contributed by atoms with van der Waals surface area (Å²) in [5.41, 5.74) is 3.67. The van der Waals surface area contributed by atoms with E-state index in [1.165, 1.54) is 9.80 Å². The molecule has 0 atom stereocenters. The quantitative estimate of drug-likeness (QED) is 0.656. The minimum atomic E-state index is -1.06. The number of aryl methyl sites for hydroxylation is 1. The molecule has 3 aromatic rings. The molecule has 31 heavy (non-hydrogen) atoms. The third kappa shape index (κ3) is 3.70. The van der Waals surface area contributed by atoms with Gasteiger partial charge < -0.3 is 14.7 Å². The molecule has 0 fully saturated rings. The van der Waals surface area contributed by atoms with E-state index in [-0.39, 0.29) is 19.1 Å². The van der Waals surface area contributed by atoms with Crippen LogP contribution in [0.4, 0.5) is 16.2 Å². The molecule has 1 N–H and O–H groups in total. The first-order chi connectivity index (χ1) is 14.8. The first-order valence-corrected chi connectivity index (χ1v) is 10.0. The van der Waals surface area contributed by atoms with Crippen molar-refractivity contribution >= 4 is 35.0 Å². The molecule has 2 aromatic carbocycles. The molecule has 0 bridgehead atoms. The van der Waals surface area contributed by atoms with Crippen LogP contribution in [-0.2, 0) is 0 Å². The number of amides is 2. The van der Waals surface area contributed by atoms with Crippen LogP contribution < -0.4 is 14.5 Å². The van der Waals surface area contributed by atoms with Crippen LogP contribution in [0.1, 0.15) is 21.7 Å². The van der Waals surface area contributed by atoms with Gasteiger partial charge in [0.25, 0.3) is 5.91 Å². The fraction of sp³-hybridized carbons (Fsp3) is 0.227. The SMILES string of the molecule is Cc1nn(-c2cccc(C(=O)N(C)c3ccc4c(c3)N(C(=O)O)CCO4)c2)c(C)c1Cl. The maximum absolute atomic E-state index is 13.2. The molecule has 0 saturated carbocycles. The van der Waals surface area contributed by atoms with Crippen LogP contribution in [0.3, 0.4) is 0 Å². The Morgan fingerprint density at radius 1 is 1.19 bits per heavy atom. The minimum absolute atomic E-state index is 0.233. The number of fused-ring (bicyclic) bond motifs is 1. The average molecular weight is 441 g/mol. The molecule has 1 aromatic heterocycles. The van der Waals surface area contributed by atoms with Crippen molar-refractivity contribution < 1.29 is 19.4 Å². The van der Waals surface area contributed by atoms with E-state index in [0.717, 1.165) is 11.4 Å². The van der Waals surface area contributed by atoms with Gasteiger partial charge in [-0.3, -0.25) is 9.69 Å². The zero-order chi connectivity index (χ0) is 22.3. The van der Waals surface area contributed by atoms with Crippen LogP contribution in [0.2, 0.25) is 5.02 Å². The highest BCUT2D eigenvalue weighted by Crippen LogP contribution is 2.35. The number of aromatic nitrogens is 2. The van der Waals surface area contributed by atoms with Crippen molar-refractivity contribution in [3.05, 3.63) is 64.4 Å². The third-order valence-electron chi connectivity index (χ3n) is 5.27. The fourth-order valence-electron chi connectivity index (χ4n) is 3.57. The van der Waals surface area contributed by atoms with Crippen molar-refractivity contribution in [3.8, 4) is 11.4 Å². The highest BCUT2D eigenvalue weighted by molar-refractivity contribution is 6.31. The molecule has 0 spiro atoms. The van der Waals surface area contributed by atoms with Crippen LogP contribution >= 0.6 is 11.6 Å². The topological polar surface area (TPSA) is 87.9 Å². The maximum Gasteiger partial charge on any atom is 0.412 e. The van der Waals surface area contributed by atoms with Gasteiger partial charge in [0.05, 0.1) is 34.3 Å². The van der Waals surface area contributed by atoms with Gasteiger partial charge in [0, 0.05) is 18.3 Å². The Morgan fingerprint density at radius 3 is 2.65 bits per heavy atom.